The fourth-order valence-electron chi connectivity index (χ4n) is 2.51. The van der Waals surface area contributed by atoms with Crippen molar-refractivity contribution in [2.24, 2.45) is 12.5 Å². The van der Waals surface area contributed by atoms with Crippen LogP contribution < -0.4 is 10.6 Å². The maximum Gasteiger partial charge on any atom is 0.237 e. The number of hydrogen-bond acceptors (Lipinski definition) is 3. The van der Waals surface area contributed by atoms with E-state index in [1.165, 1.54) is 0 Å². The Morgan fingerprint density at radius 2 is 2.44 bits per heavy atom. The molecule has 2 heterocycles. The van der Waals surface area contributed by atoms with Crippen molar-refractivity contribution in [2.45, 2.75) is 39.3 Å². The normalized spacial score (nSPS) is 22.7. The van der Waals surface area contributed by atoms with Gasteiger partial charge in [0.15, 0.2) is 0 Å². The lowest BCUT2D eigenvalue weighted by Gasteiger charge is -2.38. The van der Waals surface area contributed by atoms with Crippen LogP contribution in [0.4, 0.5) is 0 Å². The molecule has 0 saturated carbocycles. The molecule has 2 rings (SSSR count). The van der Waals surface area contributed by atoms with E-state index in [2.05, 4.69) is 29.6 Å². The molecule has 0 aliphatic carbocycles. The number of amides is 1. The van der Waals surface area contributed by atoms with E-state index < -0.39 is 0 Å². The molecular formula is C13H22N4O. The second kappa shape index (κ2) is 5.10. The highest BCUT2D eigenvalue weighted by Gasteiger charge is 2.36. The second-order valence-corrected chi connectivity index (χ2v) is 5.72. The van der Waals surface area contributed by atoms with Gasteiger partial charge in [-0.05, 0) is 24.8 Å². The number of rotatable bonds is 3. The minimum Gasteiger partial charge on any atom is -0.351 e. The molecule has 1 atom stereocenters. The van der Waals surface area contributed by atoms with Crippen LogP contribution in [0.1, 0.15) is 32.3 Å². The molecule has 5 heteroatoms. The van der Waals surface area contributed by atoms with Gasteiger partial charge < -0.3 is 10.6 Å². The van der Waals surface area contributed by atoms with Crippen molar-refractivity contribution in [3.8, 4) is 0 Å². The van der Waals surface area contributed by atoms with Crippen LogP contribution in [0.25, 0.3) is 0 Å². The van der Waals surface area contributed by atoms with Crippen molar-refractivity contribution in [3.05, 3.63) is 18.0 Å². The Hall–Kier alpha value is -1.36. The van der Waals surface area contributed by atoms with Gasteiger partial charge in [-0.3, -0.25) is 9.48 Å². The molecule has 18 heavy (non-hydrogen) atoms. The minimum atomic E-state index is -0.0945. The average molecular weight is 250 g/mol. The molecule has 1 aliphatic heterocycles. The highest BCUT2D eigenvalue weighted by Crippen LogP contribution is 2.30. The first-order valence-electron chi connectivity index (χ1n) is 6.48. The van der Waals surface area contributed by atoms with Crippen LogP contribution in [-0.2, 0) is 18.4 Å². The van der Waals surface area contributed by atoms with Crippen LogP contribution in [-0.4, -0.2) is 28.3 Å². The largest absolute Gasteiger partial charge is 0.351 e. The second-order valence-electron chi connectivity index (χ2n) is 5.72. The zero-order chi connectivity index (χ0) is 13.2. The topological polar surface area (TPSA) is 59.0 Å². The molecule has 1 saturated heterocycles. The summed E-state index contributed by atoms with van der Waals surface area (Å²) in [5, 5.41) is 10.4. The number of aromatic nitrogens is 2. The first-order chi connectivity index (χ1) is 8.49. The molecule has 1 fully saturated rings. The van der Waals surface area contributed by atoms with Gasteiger partial charge in [0, 0.05) is 25.4 Å². The van der Waals surface area contributed by atoms with Crippen molar-refractivity contribution in [1.82, 2.24) is 20.4 Å². The number of aryl methyl sites for hydroxylation is 1. The predicted octanol–water partition coefficient (Wildman–Crippen LogP) is 0.814. The number of nitrogens with zero attached hydrogens (tertiary/aromatic N) is 2. The molecule has 2 N–H and O–H groups in total. The minimum absolute atomic E-state index is 0.0251. The third-order valence-corrected chi connectivity index (χ3v) is 3.62. The van der Waals surface area contributed by atoms with Gasteiger partial charge >= 0.3 is 0 Å². The molecular weight excluding hydrogens is 228 g/mol. The number of hydrogen-bond donors (Lipinski definition) is 2. The van der Waals surface area contributed by atoms with Gasteiger partial charge in [0.25, 0.3) is 0 Å². The molecule has 1 aromatic rings. The van der Waals surface area contributed by atoms with Crippen LogP contribution in [0.2, 0.25) is 0 Å². The average Bonchev–Trinajstić information content (AvgIpc) is 2.71. The summed E-state index contributed by atoms with van der Waals surface area (Å²) in [6.45, 7) is 5.76. The van der Waals surface area contributed by atoms with Gasteiger partial charge in [-0.25, -0.2) is 0 Å². The zero-order valence-corrected chi connectivity index (χ0v) is 11.4. The van der Waals surface area contributed by atoms with E-state index in [0.29, 0.717) is 6.54 Å². The molecule has 5 nitrogen and oxygen atoms in total. The Morgan fingerprint density at radius 3 is 3.06 bits per heavy atom. The predicted molar refractivity (Wildman–Crippen MR) is 69.9 cm³/mol. The van der Waals surface area contributed by atoms with Gasteiger partial charge in [0.1, 0.15) is 0 Å². The molecule has 1 aliphatic rings. The van der Waals surface area contributed by atoms with Gasteiger partial charge in [-0.15, -0.1) is 0 Å². The Balaban J connectivity index is 1.91. The first kappa shape index (κ1) is 13.1. The lowest BCUT2D eigenvalue weighted by Crippen LogP contribution is -2.55. The lowest BCUT2D eigenvalue weighted by atomic mass is 9.77. The maximum atomic E-state index is 12.2. The van der Waals surface area contributed by atoms with Crippen molar-refractivity contribution >= 4 is 5.91 Å². The molecule has 0 radical (unpaired) electrons. The summed E-state index contributed by atoms with van der Waals surface area (Å²) in [6, 6.07) is -0.0945. The number of piperidine rings is 1. The summed E-state index contributed by atoms with van der Waals surface area (Å²) in [4.78, 5) is 12.2. The Labute approximate surface area is 108 Å². The highest BCUT2D eigenvalue weighted by atomic mass is 16.2. The third kappa shape index (κ3) is 2.90. The third-order valence-electron chi connectivity index (χ3n) is 3.62. The Morgan fingerprint density at radius 1 is 1.67 bits per heavy atom. The van der Waals surface area contributed by atoms with E-state index >= 15 is 0 Å². The quantitative estimate of drug-likeness (QED) is 0.835. The lowest BCUT2D eigenvalue weighted by molar-refractivity contribution is -0.126. The summed E-state index contributed by atoms with van der Waals surface area (Å²) in [7, 11) is 1.87. The standard InChI is InChI=1S/C13H22N4O/c1-13(2)5-4-6-14-11(13)12(18)15-7-10-8-16-17(3)9-10/h8-9,11,14H,4-7H2,1-3H3,(H,15,18). The summed E-state index contributed by atoms with van der Waals surface area (Å²) in [5.41, 5.74) is 1.05. The van der Waals surface area contributed by atoms with Gasteiger partial charge in [-0.1, -0.05) is 13.8 Å². The number of carbonyl (C=O) groups is 1. The molecule has 0 spiro atoms. The Kier molecular flexibility index (Phi) is 3.71. The maximum absolute atomic E-state index is 12.2. The summed E-state index contributed by atoms with van der Waals surface area (Å²) in [5.74, 6) is 0.0866. The summed E-state index contributed by atoms with van der Waals surface area (Å²) in [6.07, 6.45) is 5.92. The summed E-state index contributed by atoms with van der Waals surface area (Å²) >= 11 is 0. The fraction of sp³-hybridized carbons (Fsp3) is 0.692. The van der Waals surface area contributed by atoms with Crippen molar-refractivity contribution < 1.29 is 4.79 Å². The van der Waals surface area contributed by atoms with Gasteiger partial charge in [-0.2, -0.15) is 5.10 Å². The molecule has 0 bridgehead atoms. The van der Waals surface area contributed by atoms with Gasteiger partial charge in [0.2, 0.25) is 5.91 Å². The highest BCUT2D eigenvalue weighted by molar-refractivity contribution is 5.82. The van der Waals surface area contributed by atoms with Crippen molar-refractivity contribution in [3.63, 3.8) is 0 Å². The smallest absolute Gasteiger partial charge is 0.237 e. The molecule has 0 aromatic carbocycles. The van der Waals surface area contributed by atoms with Gasteiger partial charge in [0.05, 0.1) is 12.2 Å². The van der Waals surface area contributed by atoms with E-state index in [1.54, 1.807) is 10.9 Å². The van der Waals surface area contributed by atoms with E-state index in [1.807, 2.05) is 13.2 Å². The van der Waals surface area contributed by atoms with Crippen LogP contribution in [0.5, 0.6) is 0 Å². The van der Waals surface area contributed by atoms with Crippen LogP contribution in [0, 0.1) is 5.41 Å². The van der Waals surface area contributed by atoms with Crippen molar-refractivity contribution in [2.75, 3.05) is 6.54 Å². The van der Waals surface area contributed by atoms with Crippen LogP contribution in [0.3, 0.4) is 0 Å². The first-order valence-corrected chi connectivity index (χ1v) is 6.48. The molecule has 1 unspecified atom stereocenters. The Bertz CT molecular complexity index is 424. The number of nitrogens with one attached hydrogen (secondary N) is 2. The van der Waals surface area contributed by atoms with E-state index in [-0.39, 0.29) is 17.4 Å². The van der Waals surface area contributed by atoms with Crippen LogP contribution >= 0.6 is 0 Å². The van der Waals surface area contributed by atoms with Crippen LogP contribution in [0.15, 0.2) is 12.4 Å². The van der Waals surface area contributed by atoms with Crippen molar-refractivity contribution in [1.29, 1.82) is 0 Å². The molecule has 100 valence electrons. The zero-order valence-electron chi connectivity index (χ0n) is 11.4. The fourth-order valence-corrected chi connectivity index (χ4v) is 2.51. The molecule has 1 aromatic heterocycles. The van der Waals surface area contributed by atoms with E-state index in [9.17, 15) is 4.79 Å². The van der Waals surface area contributed by atoms with E-state index in [4.69, 9.17) is 0 Å². The monoisotopic (exact) mass is 250 g/mol. The SMILES string of the molecule is Cn1cc(CNC(=O)C2NCCCC2(C)C)cn1. The number of carbonyl (C=O) groups excluding carboxylic acids is 1. The summed E-state index contributed by atoms with van der Waals surface area (Å²) < 4.78 is 1.74. The molecule has 1 amide bonds. The van der Waals surface area contributed by atoms with E-state index in [0.717, 1.165) is 24.9 Å².